The molecule has 0 heterocycles. The predicted molar refractivity (Wildman–Crippen MR) is 202 cm³/mol. The van der Waals surface area contributed by atoms with E-state index in [1.165, 1.54) is 18.7 Å². The number of nitrogens with zero attached hydrogens (tertiary/aromatic N) is 3. The van der Waals surface area contributed by atoms with Crippen LogP contribution in [0.2, 0.25) is 0 Å². The molecule has 0 saturated heterocycles. The van der Waals surface area contributed by atoms with E-state index in [1.807, 2.05) is 30.3 Å². The molecule has 5 amide bonds. The van der Waals surface area contributed by atoms with Crippen molar-refractivity contribution in [2.75, 3.05) is 36.5 Å². The molecule has 0 bridgehead atoms. The van der Waals surface area contributed by atoms with Gasteiger partial charge in [-0.3, -0.25) is 49.2 Å². The highest BCUT2D eigenvalue weighted by Crippen LogP contribution is 2.29. The van der Waals surface area contributed by atoms with E-state index >= 15 is 0 Å². The normalized spacial score (nSPS) is 12.9. The van der Waals surface area contributed by atoms with Crippen LogP contribution < -0.4 is 49.5 Å². The van der Waals surface area contributed by atoms with E-state index < -0.39 is 88.0 Å². The second-order valence-electron chi connectivity index (χ2n) is 11.8. The summed E-state index contributed by atoms with van der Waals surface area (Å²) < 4.78 is 0. The number of non-ortho nitro benzene ring substituents is 1. The Balaban J connectivity index is 2.25. The van der Waals surface area contributed by atoms with E-state index in [-0.39, 0.29) is 36.8 Å². The third-order valence-electron chi connectivity index (χ3n) is 7.59. The highest BCUT2D eigenvalue weighted by Gasteiger charge is 2.30. The van der Waals surface area contributed by atoms with Crippen molar-refractivity contribution in [3.63, 3.8) is 0 Å². The van der Waals surface area contributed by atoms with Crippen molar-refractivity contribution in [3.05, 3.63) is 74.3 Å². The standard InChI is InChI=1S/C32H46N12O9S/c1-19(29(47)41-23(28(34)46)10-5-13-37-32(35)36)39-30(48)24(17-38-22-12-11-21(43(50)51)15-26(22)44(52)53)42-31(49)25(40-27(45)16-33)18-54-14-6-9-20-7-3-2-4-8-20/h2-4,7-8,11-12,15,19,23-25,38H,5-6,9-10,13-14,16-18,33H2,1H3,(H2,34,46)(H,39,48)(H,40,45)(H,41,47)(H,42,49)(H4,35,36,37)/t19-,23-,24-,25-/m0/s1. The molecule has 2 aromatic rings. The first-order chi connectivity index (χ1) is 25.6. The number of hydrogen-bond acceptors (Lipinski definition) is 13. The number of nitro benzene ring substituents is 2. The number of aliphatic imine (C=N–C) groups is 1. The molecule has 0 aromatic heterocycles. The van der Waals surface area contributed by atoms with Crippen molar-refractivity contribution >= 4 is 64.3 Å². The molecular formula is C32H46N12O9S. The summed E-state index contributed by atoms with van der Waals surface area (Å²) in [7, 11) is 0. The summed E-state index contributed by atoms with van der Waals surface area (Å²) in [6, 6.07) is 7.42. The second-order valence-corrected chi connectivity index (χ2v) is 12.9. The summed E-state index contributed by atoms with van der Waals surface area (Å²) in [4.78, 5) is 89.4. The van der Waals surface area contributed by atoms with Gasteiger partial charge >= 0.3 is 0 Å². The highest BCUT2D eigenvalue weighted by molar-refractivity contribution is 7.99. The Labute approximate surface area is 314 Å². The Morgan fingerprint density at radius 3 is 2.11 bits per heavy atom. The maximum atomic E-state index is 13.6. The van der Waals surface area contributed by atoms with Crippen LogP contribution in [0.4, 0.5) is 17.1 Å². The quantitative estimate of drug-likeness (QED) is 0.0198. The van der Waals surface area contributed by atoms with Crippen LogP contribution in [0.1, 0.15) is 31.7 Å². The summed E-state index contributed by atoms with van der Waals surface area (Å²) in [5.74, 6) is -3.49. The lowest BCUT2D eigenvalue weighted by molar-refractivity contribution is -0.393. The number of hydrogen-bond donors (Lipinski definition) is 9. The molecule has 0 fully saturated rings. The molecule has 294 valence electrons. The van der Waals surface area contributed by atoms with Crippen LogP contribution in [-0.2, 0) is 30.4 Å². The van der Waals surface area contributed by atoms with Crippen LogP contribution in [0, 0.1) is 20.2 Å². The Hall–Kier alpha value is -6.03. The Kier molecular flexibility index (Phi) is 18.6. The zero-order valence-electron chi connectivity index (χ0n) is 29.5. The topological polar surface area (TPSA) is 348 Å². The van der Waals surface area contributed by atoms with Crippen LogP contribution in [0.5, 0.6) is 0 Å². The minimum Gasteiger partial charge on any atom is -0.377 e. The number of carbonyl (C=O) groups excluding carboxylic acids is 5. The van der Waals surface area contributed by atoms with Gasteiger partial charge in [0, 0.05) is 24.9 Å². The lowest BCUT2D eigenvalue weighted by Crippen LogP contribution is -2.59. The fourth-order valence-electron chi connectivity index (χ4n) is 4.75. The molecule has 2 rings (SSSR count). The van der Waals surface area contributed by atoms with Gasteiger partial charge in [0.1, 0.15) is 29.9 Å². The molecule has 54 heavy (non-hydrogen) atoms. The first kappa shape index (κ1) is 44.1. The van der Waals surface area contributed by atoms with Gasteiger partial charge in [-0.25, -0.2) is 0 Å². The minimum absolute atomic E-state index is 0.0787. The van der Waals surface area contributed by atoms with Gasteiger partial charge in [0.15, 0.2) is 5.96 Å². The first-order valence-corrected chi connectivity index (χ1v) is 17.8. The van der Waals surface area contributed by atoms with Crippen LogP contribution in [0.3, 0.4) is 0 Å². The summed E-state index contributed by atoms with van der Waals surface area (Å²) in [5, 5.41) is 35.5. The fraction of sp³-hybridized carbons (Fsp3) is 0.438. The van der Waals surface area contributed by atoms with Gasteiger partial charge in [0.2, 0.25) is 29.5 Å². The van der Waals surface area contributed by atoms with E-state index in [0.29, 0.717) is 5.75 Å². The van der Waals surface area contributed by atoms with Crippen molar-refractivity contribution in [2.45, 2.75) is 56.8 Å². The molecule has 0 radical (unpaired) electrons. The van der Waals surface area contributed by atoms with Crippen LogP contribution in [0.15, 0.2) is 53.5 Å². The van der Waals surface area contributed by atoms with Crippen molar-refractivity contribution in [1.82, 2.24) is 21.3 Å². The number of nitrogens with two attached hydrogens (primary N) is 4. The van der Waals surface area contributed by atoms with Crippen molar-refractivity contribution < 1.29 is 33.8 Å². The van der Waals surface area contributed by atoms with E-state index in [9.17, 15) is 44.2 Å². The minimum atomic E-state index is -1.53. The number of benzene rings is 2. The van der Waals surface area contributed by atoms with Gasteiger partial charge in [-0.05, 0) is 50.0 Å². The molecule has 4 atom stereocenters. The fourth-order valence-corrected chi connectivity index (χ4v) is 5.74. The maximum Gasteiger partial charge on any atom is 0.299 e. The lowest BCUT2D eigenvalue weighted by atomic mass is 10.1. The molecule has 0 unspecified atom stereocenters. The number of nitro groups is 2. The maximum absolute atomic E-state index is 13.6. The largest absolute Gasteiger partial charge is 0.377 e. The second kappa shape index (κ2) is 22.8. The summed E-state index contributed by atoms with van der Waals surface area (Å²) >= 11 is 1.37. The number of aryl methyl sites for hydroxylation is 1. The number of primary amides is 1. The summed E-state index contributed by atoms with van der Waals surface area (Å²) in [6.07, 6.45) is 1.92. The Morgan fingerprint density at radius 2 is 1.50 bits per heavy atom. The summed E-state index contributed by atoms with van der Waals surface area (Å²) in [5.41, 5.74) is 21.2. The van der Waals surface area contributed by atoms with Gasteiger partial charge in [0.05, 0.1) is 22.5 Å². The number of guanidine groups is 1. The smallest absolute Gasteiger partial charge is 0.299 e. The molecule has 13 N–H and O–H groups in total. The number of thioether (sulfide) groups is 1. The van der Waals surface area contributed by atoms with Gasteiger partial charge in [-0.15, -0.1) is 0 Å². The molecule has 0 spiro atoms. The Bertz CT molecular complexity index is 1660. The SMILES string of the molecule is C[C@H](NC(=O)[C@H](CNc1ccc([N+](=O)[O-])cc1[N+](=O)[O-])NC(=O)[C@H](CSCCCc1ccccc1)NC(=O)CN)C(=O)N[C@@H](CCCN=C(N)N)C(N)=O. The number of amides is 5. The van der Waals surface area contributed by atoms with E-state index in [0.717, 1.165) is 36.6 Å². The van der Waals surface area contributed by atoms with E-state index in [2.05, 4.69) is 31.6 Å². The number of carbonyl (C=O) groups is 5. The Morgan fingerprint density at radius 1 is 0.833 bits per heavy atom. The number of rotatable bonds is 24. The highest BCUT2D eigenvalue weighted by atomic mass is 32.2. The van der Waals surface area contributed by atoms with E-state index in [1.54, 1.807) is 0 Å². The average Bonchev–Trinajstić information content (AvgIpc) is 3.13. The van der Waals surface area contributed by atoms with Gasteiger partial charge < -0.3 is 49.5 Å². The molecule has 0 aliphatic carbocycles. The zero-order valence-corrected chi connectivity index (χ0v) is 30.3. The zero-order chi connectivity index (χ0) is 40.2. The molecule has 0 saturated carbocycles. The molecule has 21 nitrogen and oxygen atoms in total. The van der Waals surface area contributed by atoms with Crippen LogP contribution >= 0.6 is 11.8 Å². The lowest BCUT2D eigenvalue weighted by Gasteiger charge is -2.25. The molecule has 0 aliphatic heterocycles. The molecule has 2 aromatic carbocycles. The van der Waals surface area contributed by atoms with Crippen molar-refractivity contribution in [1.29, 1.82) is 0 Å². The van der Waals surface area contributed by atoms with Crippen LogP contribution in [-0.4, -0.2) is 101 Å². The number of nitrogens with one attached hydrogen (secondary N) is 5. The van der Waals surface area contributed by atoms with Crippen molar-refractivity contribution in [2.24, 2.45) is 27.9 Å². The molecule has 22 heteroatoms. The number of anilines is 1. The predicted octanol–water partition coefficient (Wildman–Crippen LogP) is -1.26. The third kappa shape index (κ3) is 15.7. The van der Waals surface area contributed by atoms with Gasteiger partial charge in [-0.1, -0.05) is 30.3 Å². The molecular weight excluding hydrogens is 728 g/mol. The van der Waals surface area contributed by atoms with Gasteiger partial charge in [0.25, 0.3) is 11.4 Å². The van der Waals surface area contributed by atoms with Crippen LogP contribution in [0.25, 0.3) is 0 Å². The molecule has 0 aliphatic rings. The monoisotopic (exact) mass is 774 g/mol. The average molecular weight is 775 g/mol. The van der Waals surface area contributed by atoms with E-state index in [4.69, 9.17) is 22.9 Å². The summed E-state index contributed by atoms with van der Waals surface area (Å²) in [6.45, 7) is 0.523. The first-order valence-electron chi connectivity index (χ1n) is 16.7. The van der Waals surface area contributed by atoms with Crippen molar-refractivity contribution in [3.8, 4) is 0 Å². The third-order valence-corrected chi connectivity index (χ3v) is 8.74. The van der Waals surface area contributed by atoms with Gasteiger partial charge in [-0.2, -0.15) is 11.8 Å².